The van der Waals surface area contributed by atoms with Crippen LogP contribution in [0.3, 0.4) is 0 Å². The lowest BCUT2D eigenvalue weighted by molar-refractivity contribution is 0.642. The van der Waals surface area contributed by atoms with E-state index in [-0.39, 0.29) is 0 Å². The summed E-state index contributed by atoms with van der Waals surface area (Å²) in [6.45, 7) is 6.75. The lowest BCUT2D eigenvalue weighted by atomic mass is 9.98. The maximum Gasteiger partial charge on any atom is -0.0317 e. The molecule has 0 atom stereocenters. The number of hydrogen-bond acceptors (Lipinski definition) is 0. The molecule has 0 heteroatoms. The van der Waals surface area contributed by atoms with E-state index in [0.29, 0.717) is 0 Å². The first kappa shape index (κ1) is 12.3. The van der Waals surface area contributed by atoms with Gasteiger partial charge in [-0.15, -0.1) is 0 Å². The Morgan fingerprint density at radius 3 is 2.47 bits per heavy atom. The minimum atomic E-state index is 1.24. The van der Waals surface area contributed by atoms with Crippen molar-refractivity contribution in [1.82, 2.24) is 0 Å². The van der Waals surface area contributed by atoms with Crippen LogP contribution in [0.4, 0.5) is 0 Å². The third kappa shape index (κ3) is 4.51. The molecule has 1 aliphatic rings. The molecule has 0 radical (unpaired) electrons. The Kier molecular flexibility index (Phi) is 5.45. The average molecular weight is 204 g/mol. The van der Waals surface area contributed by atoms with Crippen LogP contribution < -0.4 is 0 Å². The van der Waals surface area contributed by atoms with Gasteiger partial charge in [-0.05, 0) is 57.6 Å². The molecule has 0 spiro atoms. The largest absolute Gasteiger partial charge is 0.0845 e. The highest BCUT2D eigenvalue weighted by molar-refractivity contribution is 5.33. The fourth-order valence-corrected chi connectivity index (χ4v) is 1.96. The van der Waals surface area contributed by atoms with E-state index in [1.54, 1.807) is 5.57 Å². The molecule has 0 aliphatic heterocycles. The fraction of sp³-hybridized carbons (Fsp3) is 0.600. The number of allylic oxidation sites excluding steroid dienone is 6. The molecular formula is C15H24. The summed E-state index contributed by atoms with van der Waals surface area (Å²) in [6, 6.07) is 0. The van der Waals surface area contributed by atoms with Crippen molar-refractivity contribution in [3.63, 3.8) is 0 Å². The van der Waals surface area contributed by atoms with Crippen LogP contribution >= 0.6 is 0 Å². The summed E-state index contributed by atoms with van der Waals surface area (Å²) in [5.41, 5.74) is 4.47. The van der Waals surface area contributed by atoms with Crippen LogP contribution in [-0.2, 0) is 0 Å². The Balaban J connectivity index is 2.77. The van der Waals surface area contributed by atoms with Crippen molar-refractivity contribution in [3.05, 3.63) is 34.9 Å². The Labute approximate surface area is 94.8 Å². The van der Waals surface area contributed by atoms with Crippen LogP contribution in [0.25, 0.3) is 0 Å². The molecule has 1 aliphatic carbocycles. The predicted molar refractivity (Wildman–Crippen MR) is 69.0 cm³/mol. The second kappa shape index (κ2) is 6.66. The van der Waals surface area contributed by atoms with Crippen molar-refractivity contribution < 1.29 is 0 Å². The molecule has 0 heterocycles. The zero-order valence-corrected chi connectivity index (χ0v) is 10.5. The molecule has 0 saturated heterocycles. The van der Waals surface area contributed by atoms with Gasteiger partial charge in [-0.1, -0.05) is 36.6 Å². The summed E-state index contributed by atoms with van der Waals surface area (Å²) >= 11 is 0. The zero-order valence-electron chi connectivity index (χ0n) is 10.5. The molecule has 0 bridgehead atoms. The number of rotatable bonds is 0. The highest BCUT2D eigenvalue weighted by atomic mass is 14.1. The van der Waals surface area contributed by atoms with Crippen LogP contribution in [0.1, 0.15) is 59.3 Å². The van der Waals surface area contributed by atoms with Crippen molar-refractivity contribution in [2.75, 3.05) is 0 Å². The molecule has 0 aromatic heterocycles. The summed E-state index contributed by atoms with van der Waals surface area (Å²) in [5, 5.41) is 0. The van der Waals surface area contributed by atoms with Gasteiger partial charge in [0.05, 0.1) is 0 Å². The summed E-state index contributed by atoms with van der Waals surface area (Å²) in [7, 11) is 0. The van der Waals surface area contributed by atoms with E-state index in [9.17, 15) is 0 Å². The Hall–Kier alpha value is -0.780. The monoisotopic (exact) mass is 204 g/mol. The van der Waals surface area contributed by atoms with Gasteiger partial charge in [0.25, 0.3) is 0 Å². The predicted octanol–water partition coefficient (Wildman–Crippen LogP) is 5.18. The first-order valence-corrected chi connectivity index (χ1v) is 6.22. The molecule has 15 heavy (non-hydrogen) atoms. The SMILES string of the molecule is CC1=C/C=C\CCCCCC/C(C)=C\1C. The first-order chi connectivity index (χ1) is 7.22. The van der Waals surface area contributed by atoms with E-state index in [4.69, 9.17) is 0 Å². The zero-order chi connectivity index (χ0) is 11.1. The second-order valence-corrected chi connectivity index (χ2v) is 4.64. The molecule has 0 aromatic rings. The van der Waals surface area contributed by atoms with Crippen molar-refractivity contribution in [2.45, 2.75) is 59.3 Å². The van der Waals surface area contributed by atoms with E-state index in [1.807, 2.05) is 0 Å². The lowest BCUT2D eigenvalue weighted by Gasteiger charge is -2.09. The summed E-state index contributed by atoms with van der Waals surface area (Å²) in [5.74, 6) is 0. The van der Waals surface area contributed by atoms with Gasteiger partial charge in [0.15, 0.2) is 0 Å². The summed E-state index contributed by atoms with van der Waals surface area (Å²) < 4.78 is 0. The van der Waals surface area contributed by atoms with Crippen molar-refractivity contribution in [1.29, 1.82) is 0 Å². The van der Waals surface area contributed by atoms with Crippen LogP contribution in [0.2, 0.25) is 0 Å². The van der Waals surface area contributed by atoms with Gasteiger partial charge in [-0.2, -0.15) is 0 Å². The molecule has 0 N–H and O–H groups in total. The van der Waals surface area contributed by atoms with Gasteiger partial charge in [0.1, 0.15) is 0 Å². The Morgan fingerprint density at radius 1 is 0.933 bits per heavy atom. The minimum Gasteiger partial charge on any atom is -0.0845 e. The molecule has 0 saturated carbocycles. The smallest absolute Gasteiger partial charge is 0.0317 e. The van der Waals surface area contributed by atoms with Crippen LogP contribution in [0.5, 0.6) is 0 Å². The molecule has 0 nitrogen and oxygen atoms in total. The highest BCUT2D eigenvalue weighted by Gasteiger charge is 2.00. The van der Waals surface area contributed by atoms with Gasteiger partial charge >= 0.3 is 0 Å². The molecular weight excluding hydrogens is 180 g/mol. The molecule has 0 fully saturated rings. The van der Waals surface area contributed by atoms with Crippen molar-refractivity contribution in [3.8, 4) is 0 Å². The molecule has 84 valence electrons. The topological polar surface area (TPSA) is 0 Å². The van der Waals surface area contributed by atoms with Crippen LogP contribution in [-0.4, -0.2) is 0 Å². The first-order valence-electron chi connectivity index (χ1n) is 6.22. The summed E-state index contributed by atoms with van der Waals surface area (Å²) in [4.78, 5) is 0. The fourth-order valence-electron chi connectivity index (χ4n) is 1.96. The molecule has 0 unspecified atom stereocenters. The highest BCUT2D eigenvalue weighted by Crippen LogP contribution is 2.20. The Morgan fingerprint density at radius 2 is 1.67 bits per heavy atom. The van der Waals surface area contributed by atoms with Gasteiger partial charge in [-0.25, -0.2) is 0 Å². The molecule has 0 amide bonds. The molecule has 1 rings (SSSR count). The maximum atomic E-state index is 2.30. The quantitative estimate of drug-likeness (QED) is 0.510. The van der Waals surface area contributed by atoms with E-state index >= 15 is 0 Å². The third-order valence-electron chi connectivity index (χ3n) is 3.39. The summed E-state index contributed by atoms with van der Waals surface area (Å²) in [6.07, 6.45) is 14.8. The second-order valence-electron chi connectivity index (χ2n) is 4.64. The number of hydrogen-bond donors (Lipinski definition) is 0. The van der Waals surface area contributed by atoms with E-state index < -0.39 is 0 Å². The van der Waals surface area contributed by atoms with Gasteiger partial charge in [-0.3, -0.25) is 0 Å². The maximum absolute atomic E-state index is 2.30. The standard InChI is InChI=1S/C15H24/c1-13-11-9-7-5-4-6-8-10-12-14(2)15(13)3/h7,9,11H,4-6,8,10,12H2,1-3H3/b9-7-,13-11-,15-14-. The van der Waals surface area contributed by atoms with E-state index in [1.165, 1.54) is 49.7 Å². The normalized spacial score (nSPS) is 31.0. The van der Waals surface area contributed by atoms with E-state index in [2.05, 4.69) is 39.0 Å². The third-order valence-corrected chi connectivity index (χ3v) is 3.39. The van der Waals surface area contributed by atoms with Crippen LogP contribution in [0, 0.1) is 0 Å². The van der Waals surface area contributed by atoms with Gasteiger partial charge < -0.3 is 0 Å². The van der Waals surface area contributed by atoms with Gasteiger partial charge in [0, 0.05) is 0 Å². The Bertz CT molecular complexity index is 276. The average Bonchev–Trinajstić information content (AvgIpc) is 2.23. The van der Waals surface area contributed by atoms with Crippen molar-refractivity contribution >= 4 is 0 Å². The lowest BCUT2D eigenvalue weighted by Crippen LogP contribution is -1.89. The van der Waals surface area contributed by atoms with E-state index in [0.717, 1.165) is 0 Å². The van der Waals surface area contributed by atoms with Gasteiger partial charge in [0.2, 0.25) is 0 Å². The minimum absolute atomic E-state index is 1.24. The molecule has 0 aromatic carbocycles. The van der Waals surface area contributed by atoms with Crippen molar-refractivity contribution in [2.24, 2.45) is 0 Å². The van der Waals surface area contributed by atoms with Crippen LogP contribution in [0.15, 0.2) is 34.9 Å².